The number of amides is 1. The van der Waals surface area contributed by atoms with Crippen LogP contribution in [0, 0.1) is 10.1 Å². The number of rotatable bonds is 4. The zero-order chi connectivity index (χ0) is 15.2. The first kappa shape index (κ1) is 15.2. The maximum atomic E-state index is 11.8. The lowest BCUT2D eigenvalue weighted by molar-refractivity contribution is -0.384. The highest BCUT2D eigenvalue weighted by Gasteiger charge is 2.23. The fourth-order valence-electron chi connectivity index (χ4n) is 2.42. The van der Waals surface area contributed by atoms with Gasteiger partial charge in [0.05, 0.1) is 17.1 Å². The molecule has 0 spiro atoms. The molecule has 2 N–H and O–H groups in total. The summed E-state index contributed by atoms with van der Waals surface area (Å²) in [5, 5.41) is 23.2. The molecular weight excluding hydrogens is 272 g/mol. The van der Waals surface area contributed by atoms with Gasteiger partial charge in [0.25, 0.3) is 5.69 Å². The Balaban J connectivity index is 1.95. The first-order valence-corrected chi connectivity index (χ1v) is 6.97. The Kier molecular flexibility index (Phi) is 5.05. The van der Waals surface area contributed by atoms with Gasteiger partial charge in [0, 0.05) is 18.2 Å². The number of carbonyl (C=O) groups is 1. The van der Waals surface area contributed by atoms with E-state index in [1.54, 1.807) is 12.1 Å². The lowest BCUT2D eigenvalue weighted by atomic mass is 9.92. The van der Waals surface area contributed by atoms with Gasteiger partial charge in [-0.15, -0.1) is 0 Å². The Morgan fingerprint density at radius 2 is 2.14 bits per heavy atom. The summed E-state index contributed by atoms with van der Waals surface area (Å²) in [6.45, 7) is 0. The summed E-state index contributed by atoms with van der Waals surface area (Å²) in [6.07, 6.45) is 5.83. The van der Waals surface area contributed by atoms with E-state index in [2.05, 4.69) is 5.32 Å². The minimum atomic E-state index is -0.492. The topological polar surface area (TPSA) is 92.5 Å². The molecule has 21 heavy (non-hydrogen) atoms. The van der Waals surface area contributed by atoms with Gasteiger partial charge in [-0.1, -0.05) is 25.0 Å². The third-order valence-corrected chi connectivity index (χ3v) is 3.57. The zero-order valence-corrected chi connectivity index (χ0v) is 11.6. The number of non-ortho nitro benzene ring substituents is 1. The molecule has 6 nitrogen and oxygen atoms in total. The van der Waals surface area contributed by atoms with E-state index in [9.17, 15) is 20.0 Å². The van der Waals surface area contributed by atoms with Crippen molar-refractivity contribution in [2.75, 3.05) is 0 Å². The molecule has 2 unspecified atom stereocenters. The average molecular weight is 290 g/mol. The van der Waals surface area contributed by atoms with Crippen LogP contribution in [0.4, 0.5) is 5.69 Å². The van der Waals surface area contributed by atoms with Crippen molar-refractivity contribution in [3.8, 4) is 0 Å². The minimum Gasteiger partial charge on any atom is -0.391 e. The Morgan fingerprint density at radius 3 is 2.86 bits per heavy atom. The second-order valence-corrected chi connectivity index (χ2v) is 5.15. The minimum absolute atomic E-state index is 0.0136. The first-order chi connectivity index (χ1) is 10.1. The Hall–Kier alpha value is -2.21. The molecule has 1 amide bonds. The summed E-state index contributed by atoms with van der Waals surface area (Å²) in [4.78, 5) is 22.0. The molecule has 0 aliphatic heterocycles. The van der Waals surface area contributed by atoms with Crippen LogP contribution >= 0.6 is 0 Å². The second kappa shape index (κ2) is 6.99. The molecule has 0 radical (unpaired) electrons. The van der Waals surface area contributed by atoms with E-state index < -0.39 is 11.0 Å². The maximum Gasteiger partial charge on any atom is 0.270 e. The molecule has 0 bridgehead atoms. The van der Waals surface area contributed by atoms with Crippen molar-refractivity contribution in [1.82, 2.24) is 5.32 Å². The van der Waals surface area contributed by atoms with Gasteiger partial charge >= 0.3 is 0 Å². The molecule has 1 fully saturated rings. The van der Waals surface area contributed by atoms with E-state index in [0.29, 0.717) is 12.0 Å². The fourth-order valence-corrected chi connectivity index (χ4v) is 2.42. The standard InChI is InChI=1S/C15H18N2O4/c18-14-7-2-1-6-13(14)16-15(19)9-8-11-4-3-5-12(10-11)17(20)21/h3-5,8-10,13-14,18H,1-2,6-7H2,(H,16,19). The van der Waals surface area contributed by atoms with Crippen LogP contribution in [0.15, 0.2) is 30.3 Å². The van der Waals surface area contributed by atoms with E-state index in [4.69, 9.17) is 0 Å². The van der Waals surface area contributed by atoms with Crippen LogP contribution in [0.3, 0.4) is 0 Å². The Morgan fingerprint density at radius 1 is 1.38 bits per heavy atom. The number of nitro groups is 1. The molecular formula is C15H18N2O4. The molecule has 0 aromatic heterocycles. The van der Waals surface area contributed by atoms with E-state index in [0.717, 1.165) is 19.3 Å². The number of carbonyl (C=O) groups excluding carboxylic acids is 1. The summed E-state index contributed by atoms with van der Waals surface area (Å²) in [6, 6.07) is 5.85. The van der Waals surface area contributed by atoms with E-state index >= 15 is 0 Å². The van der Waals surface area contributed by atoms with Crippen molar-refractivity contribution < 1.29 is 14.8 Å². The molecule has 1 aliphatic carbocycles. The lowest BCUT2D eigenvalue weighted by Crippen LogP contribution is -2.44. The van der Waals surface area contributed by atoms with Crippen LogP contribution in [0.1, 0.15) is 31.2 Å². The van der Waals surface area contributed by atoms with Crippen molar-refractivity contribution in [2.45, 2.75) is 37.8 Å². The highest BCUT2D eigenvalue weighted by Crippen LogP contribution is 2.18. The predicted octanol–water partition coefficient (Wildman–Crippen LogP) is 2.03. The lowest BCUT2D eigenvalue weighted by Gasteiger charge is -2.27. The van der Waals surface area contributed by atoms with Gasteiger partial charge in [0.15, 0.2) is 0 Å². The molecule has 6 heteroatoms. The number of benzene rings is 1. The van der Waals surface area contributed by atoms with Crippen LogP contribution in [-0.4, -0.2) is 28.1 Å². The summed E-state index contributed by atoms with van der Waals surface area (Å²) in [5.41, 5.74) is 0.573. The van der Waals surface area contributed by atoms with E-state index in [1.807, 2.05) is 0 Å². The van der Waals surface area contributed by atoms with Crippen molar-refractivity contribution in [1.29, 1.82) is 0 Å². The van der Waals surface area contributed by atoms with Crippen molar-refractivity contribution in [2.24, 2.45) is 0 Å². The molecule has 2 rings (SSSR count). The van der Waals surface area contributed by atoms with Gasteiger partial charge in [-0.05, 0) is 24.5 Å². The highest BCUT2D eigenvalue weighted by molar-refractivity contribution is 5.92. The number of nitrogens with zero attached hydrogens (tertiary/aromatic N) is 1. The molecule has 0 saturated heterocycles. The van der Waals surface area contributed by atoms with Gasteiger partial charge in [0.2, 0.25) is 5.91 Å². The van der Waals surface area contributed by atoms with E-state index in [1.165, 1.54) is 24.3 Å². The zero-order valence-electron chi connectivity index (χ0n) is 11.6. The summed E-state index contributed by atoms with van der Waals surface area (Å²) >= 11 is 0. The Labute approximate surface area is 122 Å². The number of hydrogen-bond acceptors (Lipinski definition) is 4. The molecule has 1 aromatic rings. The van der Waals surface area contributed by atoms with Gasteiger partial charge in [-0.25, -0.2) is 0 Å². The first-order valence-electron chi connectivity index (χ1n) is 6.97. The van der Waals surface area contributed by atoms with E-state index in [-0.39, 0.29) is 17.6 Å². The van der Waals surface area contributed by atoms with Crippen LogP contribution < -0.4 is 5.32 Å². The number of aliphatic hydroxyl groups is 1. The Bertz CT molecular complexity index is 556. The number of aliphatic hydroxyl groups excluding tert-OH is 1. The predicted molar refractivity (Wildman–Crippen MR) is 78.5 cm³/mol. The molecule has 1 saturated carbocycles. The molecule has 1 aromatic carbocycles. The third kappa shape index (κ3) is 4.39. The molecule has 1 aliphatic rings. The number of nitrogens with one attached hydrogen (secondary N) is 1. The van der Waals surface area contributed by atoms with Crippen molar-refractivity contribution in [3.05, 3.63) is 46.0 Å². The number of hydrogen-bond donors (Lipinski definition) is 2. The summed E-state index contributed by atoms with van der Waals surface area (Å²) < 4.78 is 0. The summed E-state index contributed by atoms with van der Waals surface area (Å²) in [5.74, 6) is -0.299. The monoisotopic (exact) mass is 290 g/mol. The average Bonchev–Trinajstić information content (AvgIpc) is 2.48. The molecule has 0 heterocycles. The quantitative estimate of drug-likeness (QED) is 0.504. The van der Waals surface area contributed by atoms with Gasteiger partial charge < -0.3 is 10.4 Å². The van der Waals surface area contributed by atoms with Crippen LogP contribution in [0.2, 0.25) is 0 Å². The van der Waals surface area contributed by atoms with Gasteiger partial charge in [-0.2, -0.15) is 0 Å². The maximum absolute atomic E-state index is 11.8. The van der Waals surface area contributed by atoms with Gasteiger partial charge in [-0.3, -0.25) is 14.9 Å². The smallest absolute Gasteiger partial charge is 0.270 e. The highest BCUT2D eigenvalue weighted by atomic mass is 16.6. The summed E-state index contributed by atoms with van der Waals surface area (Å²) in [7, 11) is 0. The second-order valence-electron chi connectivity index (χ2n) is 5.15. The fraction of sp³-hybridized carbons (Fsp3) is 0.400. The van der Waals surface area contributed by atoms with Crippen LogP contribution in [0.5, 0.6) is 0 Å². The van der Waals surface area contributed by atoms with Crippen LogP contribution in [0.25, 0.3) is 6.08 Å². The van der Waals surface area contributed by atoms with Gasteiger partial charge in [0.1, 0.15) is 0 Å². The van der Waals surface area contributed by atoms with Crippen molar-refractivity contribution >= 4 is 17.7 Å². The normalized spacial score (nSPS) is 22.1. The molecule has 112 valence electrons. The van der Waals surface area contributed by atoms with Crippen molar-refractivity contribution in [3.63, 3.8) is 0 Å². The largest absolute Gasteiger partial charge is 0.391 e. The van der Waals surface area contributed by atoms with Crippen LogP contribution in [-0.2, 0) is 4.79 Å². The molecule has 2 atom stereocenters. The third-order valence-electron chi connectivity index (χ3n) is 3.57. The number of nitro benzene ring substituents is 1. The SMILES string of the molecule is O=C(C=Cc1cccc([N+](=O)[O-])c1)NC1CCCCC1O.